The van der Waals surface area contributed by atoms with E-state index >= 15 is 0 Å². The summed E-state index contributed by atoms with van der Waals surface area (Å²) in [5.41, 5.74) is 5.09. The fourth-order valence-electron chi connectivity index (χ4n) is 0.143. The Balaban J connectivity index is 0. The molecule has 0 aliphatic carbocycles. The third-order valence-corrected chi connectivity index (χ3v) is 0.730. The van der Waals surface area contributed by atoms with Crippen molar-refractivity contribution in [3.63, 3.8) is 0 Å². The molecule has 12 heavy (non-hydrogen) atoms. The Morgan fingerprint density at radius 1 is 1.50 bits per heavy atom. The summed E-state index contributed by atoms with van der Waals surface area (Å²) in [6.07, 6.45) is 2.56. The summed E-state index contributed by atoms with van der Waals surface area (Å²) < 4.78 is 0. The van der Waals surface area contributed by atoms with Crippen molar-refractivity contribution in [1.29, 1.82) is 0 Å². The van der Waals surface area contributed by atoms with E-state index in [9.17, 15) is 9.59 Å². The minimum absolute atomic E-state index is 0.398. The lowest BCUT2D eigenvalue weighted by Gasteiger charge is -1.81. The molecule has 4 heteroatoms. The van der Waals surface area contributed by atoms with Crippen LogP contribution in [-0.2, 0) is 9.59 Å². The van der Waals surface area contributed by atoms with Crippen molar-refractivity contribution in [2.75, 3.05) is 0 Å². The Kier molecular flexibility index (Phi) is 8.18. The summed E-state index contributed by atoms with van der Waals surface area (Å²) in [5, 5.41) is 7.83. The van der Waals surface area contributed by atoms with Crippen LogP contribution < -0.4 is 5.73 Å². The van der Waals surface area contributed by atoms with Gasteiger partial charge < -0.3 is 10.8 Å². The van der Waals surface area contributed by atoms with Gasteiger partial charge in [0.05, 0.1) is 0 Å². The number of carboxylic acid groups (broad SMARTS) is 1. The molecule has 3 N–H and O–H groups in total. The van der Waals surface area contributed by atoms with E-state index in [1.807, 2.05) is 0 Å². The lowest BCUT2D eigenvalue weighted by atomic mass is 10.3. The van der Waals surface area contributed by atoms with Gasteiger partial charge in [0.25, 0.3) is 0 Å². The molecule has 0 atom stereocenters. The molecule has 0 rings (SSSR count). The lowest BCUT2D eigenvalue weighted by Crippen LogP contribution is -2.10. The van der Waals surface area contributed by atoms with E-state index in [1.54, 1.807) is 13.8 Å². The number of primary amides is 1. The third kappa shape index (κ3) is 15.8. The second-order valence-corrected chi connectivity index (χ2v) is 1.98. The molecule has 0 aliphatic rings. The summed E-state index contributed by atoms with van der Waals surface area (Å²) >= 11 is 0. The predicted molar refractivity (Wildman–Crippen MR) is 46.5 cm³/mol. The summed E-state index contributed by atoms with van der Waals surface area (Å²) in [5.74, 6) is -1.33. The normalized spacial score (nSPS) is 8.50. The van der Waals surface area contributed by atoms with Gasteiger partial charge in [0.15, 0.2) is 0 Å². The molecule has 68 valence electrons. The average Bonchev–Trinajstić information content (AvgIpc) is 1.87. The van der Waals surface area contributed by atoms with Crippen molar-refractivity contribution in [3.8, 4) is 0 Å². The van der Waals surface area contributed by atoms with Crippen LogP contribution in [0.25, 0.3) is 0 Å². The lowest BCUT2D eigenvalue weighted by molar-refractivity contribution is -0.131. The first-order valence-electron chi connectivity index (χ1n) is 3.22. The number of carboxylic acids is 1. The third-order valence-electron chi connectivity index (χ3n) is 0.730. The van der Waals surface area contributed by atoms with Gasteiger partial charge in [-0.15, -0.1) is 0 Å². The smallest absolute Gasteiger partial charge is 0.327 e. The Hall–Kier alpha value is -1.58. The Bertz CT molecular complexity index is 194. The number of hydrogen-bond donors (Lipinski definition) is 2. The van der Waals surface area contributed by atoms with Crippen molar-refractivity contribution < 1.29 is 14.7 Å². The van der Waals surface area contributed by atoms with Crippen LogP contribution in [0.5, 0.6) is 0 Å². The van der Waals surface area contributed by atoms with Gasteiger partial charge in [0.2, 0.25) is 5.91 Å². The molecule has 0 saturated heterocycles. The van der Waals surface area contributed by atoms with Gasteiger partial charge in [-0.05, 0) is 13.8 Å². The van der Waals surface area contributed by atoms with Crippen molar-refractivity contribution in [1.82, 2.24) is 0 Å². The largest absolute Gasteiger partial charge is 0.478 e. The summed E-state index contributed by atoms with van der Waals surface area (Å²) in [6.45, 7) is 6.51. The molecule has 0 radical (unpaired) electrons. The Morgan fingerprint density at radius 3 is 1.83 bits per heavy atom. The standard InChI is InChI=1S/C4H7NO.C4H6O2/c1-3(2)4(5)6;1-2-3-4(5)6/h1H2,2H3,(H2,5,6);2-3H,1H3,(H,5,6)/b;3-2+. The maximum absolute atomic E-state index is 9.82. The number of rotatable bonds is 2. The molecular formula is C8H13NO3. The number of carbonyl (C=O) groups excluding carboxylic acids is 1. The highest BCUT2D eigenvalue weighted by Crippen LogP contribution is 1.78. The predicted octanol–water partition coefficient (Wildman–Crippen LogP) is 0.695. The maximum atomic E-state index is 9.82. The van der Waals surface area contributed by atoms with Gasteiger partial charge in [-0.25, -0.2) is 4.79 Å². The summed E-state index contributed by atoms with van der Waals surface area (Å²) in [6, 6.07) is 0. The molecule has 4 nitrogen and oxygen atoms in total. The number of amides is 1. The fourth-order valence-corrected chi connectivity index (χ4v) is 0.143. The first-order valence-corrected chi connectivity index (χ1v) is 3.22. The van der Waals surface area contributed by atoms with Crippen LogP contribution in [0.2, 0.25) is 0 Å². The fraction of sp³-hybridized carbons (Fsp3) is 0.250. The quantitative estimate of drug-likeness (QED) is 0.600. The van der Waals surface area contributed by atoms with Crippen LogP contribution in [0.15, 0.2) is 24.3 Å². The van der Waals surface area contributed by atoms with E-state index in [4.69, 9.17) is 10.8 Å². The highest BCUT2D eigenvalue weighted by Gasteiger charge is 1.86. The Morgan fingerprint density at radius 2 is 1.83 bits per heavy atom. The first kappa shape index (κ1) is 13.0. The van der Waals surface area contributed by atoms with Gasteiger partial charge in [-0.3, -0.25) is 4.79 Å². The topological polar surface area (TPSA) is 80.4 Å². The van der Waals surface area contributed by atoms with Crippen LogP contribution >= 0.6 is 0 Å². The molecule has 0 aromatic carbocycles. The number of carbonyl (C=O) groups is 2. The van der Waals surface area contributed by atoms with Crippen molar-refractivity contribution >= 4 is 11.9 Å². The van der Waals surface area contributed by atoms with Crippen molar-refractivity contribution in [2.24, 2.45) is 5.73 Å². The molecule has 0 heterocycles. The van der Waals surface area contributed by atoms with Crippen LogP contribution in [0.1, 0.15) is 13.8 Å². The number of nitrogens with two attached hydrogens (primary N) is 1. The van der Waals surface area contributed by atoms with E-state index in [0.29, 0.717) is 5.57 Å². The zero-order valence-electron chi connectivity index (χ0n) is 7.20. The van der Waals surface area contributed by atoms with E-state index in [2.05, 4.69) is 6.58 Å². The maximum Gasteiger partial charge on any atom is 0.327 e. The van der Waals surface area contributed by atoms with Crippen LogP contribution in [0.4, 0.5) is 0 Å². The van der Waals surface area contributed by atoms with Crippen LogP contribution in [-0.4, -0.2) is 17.0 Å². The molecule has 0 aromatic heterocycles. The minimum atomic E-state index is -0.891. The molecule has 0 spiro atoms. The van der Waals surface area contributed by atoms with E-state index in [-0.39, 0.29) is 0 Å². The number of hydrogen-bond acceptors (Lipinski definition) is 2. The number of allylic oxidation sites excluding steroid dienone is 1. The van der Waals surface area contributed by atoms with E-state index in [1.165, 1.54) is 6.08 Å². The van der Waals surface area contributed by atoms with Gasteiger partial charge in [0.1, 0.15) is 0 Å². The first-order chi connectivity index (χ1) is 5.41. The Labute approximate surface area is 71.4 Å². The van der Waals surface area contributed by atoms with Gasteiger partial charge in [0, 0.05) is 11.6 Å². The van der Waals surface area contributed by atoms with Crippen molar-refractivity contribution in [3.05, 3.63) is 24.3 Å². The zero-order chi connectivity index (χ0) is 10.1. The molecule has 1 amide bonds. The van der Waals surface area contributed by atoms with Gasteiger partial charge >= 0.3 is 5.97 Å². The van der Waals surface area contributed by atoms with Gasteiger partial charge in [-0.2, -0.15) is 0 Å². The SMILES string of the molecule is C/C=C/C(=O)O.C=C(C)C(N)=O. The van der Waals surface area contributed by atoms with Crippen molar-refractivity contribution in [2.45, 2.75) is 13.8 Å². The minimum Gasteiger partial charge on any atom is -0.478 e. The molecule has 0 fully saturated rings. The average molecular weight is 171 g/mol. The monoisotopic (exact) mass is 171 g/mol. The van der Waals surface area contributed by atoms with Crippen LogP contribution in [0.3, 0.4) is 0 Å². The van der Waals surface area contributed by atoms with E-state index < -0.39 is 11.9 Å². The summed E-state index contributed by atoms with van der Waals surface area (Å²) in [7, 11) is 0. The van der Waals surface area contributed by atoms with Crippen LogP contribution in [0, 0.1) is 0 Å². The molecule has 0 unspecified atom stereocenters. The molecular weight excluding hydrogens is 158 g/mol. The zero-order valence-corrected chi connectivity index (χ0v) is 7.20. The highest BCUT2D eigenvalue weighted by molar-refractivity contribution is 5.90. The molecule has 0 aromatic rings. The number of aliphatic carboxylic acids is 1. The molecule has 0 saturated carbocycles. The molecule has 0 bridgehead atoms. The van der Waals surface area contributed by atoms with Gasteiger partial charge in [-0.1, -0.05) is 12.7 Å². The summed E-state index contributed by atoms with van der Waals surface area (Å²) in [4.78, 5) is 19.3. The second-order valence-electron chi connectivity index (χ2n) is 1.98. The highest BCUT2D eigenvalue weighted by atomic mass is 16.4. The second kappa shape index (κ2) is 7.53. The van der Waals surface area contributed by atoms with E-state index in [0.717, 1.165) is 6.08 Å². The molecule has 0 aliphatic heterocycles.